The van der Waals surface area contributed by atoms with E-state index in [0.717, 1.165) is 6.42 Å². The second-order valence-electron chi connectivity index (χ2n) is 4.97. The van der Waals surface area contributed by atoms with Crippen LogP contribution >= 0.6 is 0 Å². The Morgan fingerprint density at radius 1 is 0.900 bits per heavy atom. The fourth-order valence-corrected chi connectivity index (χ4v) is 2.70. The van der Waals surface area contributed by atoms with Gasteiger partial charge in [0.1, 0.15) is 0 Å². The van der Waals surface area contributed by atoms with Gasteiger partial charge in [0.05, 0.1) is 0 Å². The predicted molar refractivity (Wildman–Crippen MR) is 86.4 cm³/mol. The van der Waals surface area contributed by atoms with Crippen LogP contribution in [0.15, 0.2) is 54.6 Å². The standard InChI is InChI=1S/C19H22O/c1-3-17(18-12-8-7-9-15(18)2)19(13-14-20)16-10-5-4-6-11-16/h4-12,20H,3,13-14H2,1-2H3. The molecule has 0 unspecified atom stereocenters. The van der Waals surface area contributed by atoms with E-state index in [1.165, 1.54) is 27.8 Å². The molecule has 1 heteroatoms. The Morgan fingerprint density at radius 2 is 1.55 bits per heavy atom. The summed E-state index contributed by atoms with van der Waals surface area (Å²) in [5.74, 6) is 0. The topological polar surface area (TPSA) is 20.2 Å². The molecule has 0 radical (unpaired) electrons. The molecule has 1 N–H and O–H groups in total. The van der Waals surface area contributed by atoms with Crippen LogP contribution in [0.2, 0.25) is 0 Å². The van der Waals surface area contributed by atoms with Gasteiger partial charge in [-0.1, -0.05) is 61.5 Å². The van der Waals surface area contributed by atoms with Crippen molar-refractivity contribution in [2.45, 2.75) is 26.7 Å². The summed E-state index contributed by atoms with van der Waals surface area (Å²) in [6.45, 7) is 4.51. The van der Waals surface area contributed by atoms with Crippen molar-refractivity contribution in [2.75, 3.05) is 6.61 Å². The SMILES string of the molecule is CCC(=C(CCO)c1ccccc1)c1ccccc1C. The lowest BCUT2D eigenvalue weighted by Crippen LogP contribution is -1.97. The van der Waals surface area contributed by atoms with E-state index in [4.69, 9.17) is 0 Å². The van der Waals surface area contributed by atoms with Crippen LogP contribution in [0.3, 0.4) is 0 Å². The first-order chi connectivity index (χ1) is 9.77. The summed E-state index contributed by atoms with van der Waals surface area (Å²) in [6.07, 6.45) is 1.66. The van der Waals surface area contributed by atoms with Crippen molar-refractivity contribution in [2.24, 2.45) is 0 Å². The van der Waals surface area contributed by atoms with Crippen molar-refractivity contribution in [3.05, 3.63) is 71.3 Å². The van der Waals surface area contributed by atoms with E-state index in [0.29, 0.717) is 6.42 Å². The molecular weight excluding hydrogens is 244 g/mol. The molecule has 0 aromatic heterocycles. The quantitative estimate of drug-likeness (QED) is 0.778. The third-order valence-electron chi connectivity index (χ3n) is 3.67. The van der Waals surface area contributed by atoms with Crippen LogP contribution in [0.5, 0.6) is 0 Å². The lowest BCUT2D eigenvalue weighted by Gasteiger charge is -2.16. The number of aliphatic hydroxyl groups excluding tert-OH is 1. The van der Waals surface area contributed by atoms with E-state index in [2.05, 4.69) is 62.4 Å². The maximum absolute atomic E-state index is 9.42. The second-order valence-corrected chi connectivity index (χ2v) is 4.97. The summed E-state index contributed by atoms with van der Waals surface area (Å²) in [4.78, 5) is 0. The van der Waals surface area contributed by atoms with E-state index < -0.39 is 0 Å². The van der Waals surface area contributed by atoms with Gasteiger partial charge in [0.15, 0.2) is 0 Å². The van der Waals surface area contributed by atoms with Crippen molar-refractivity contribution in [1.29, 1.82) is 0 Å². The molecular formula is C19H22O. The maximum atomic E-state index is 9.42. The summed E-state index contributed by atoms with van der Waals surface area (Å²) in [7, 11) is 0. The van der Waals surface area contributed by atoms with Crippen molar-refractivity contribution >= 4 is 11.1 Å². The van der Waals surface area contributed by atoms with E-state index in [9.17, 15) is 5.11 Å². The molecule has 0 fully saturated rings. The first-order valence-corrected chi connectivity index (χ1v) is 7.22. The van der Waals surface area contributed by atoms with Crippen LogP contribution < -0.4 is 0 Å². The summed E-state index contributed by atoms with van der Waals surface area (Å²) in [5, 5.41) is 9.42. The van der Waals surface area contributed by atoms with Crippen LogP contribution in [0.4, 0.5) is 0 Å². The van der Waals surface area contributed by atoms with E-state index >= 15 is 0 Å². The van der Waals surface area contributed by atoms with Crippen LogP contribution in [0.25, 0.3) is 11.1 Å². The molecule has 0 saturated heterocycles. The van der Waals surface area contributed by atoms with Gasteiger partial charge in [0, 0.05) is 6.61 Å². The van der Waals surface area contributed by atoms with Gasteiger partial charge in [-0.2, -0.15) is 0 Å². The molecule has 0 heterocycles. The minimum Gasteiger partial charge on any atom is -0.396 e. The molecule has 20 heavy (non-hydrogen) atoms. The zero-order chi connectivity index (χ0) is 14.4. The average Bonchev–Trinajstić information content (AvgIpc) is 2.50. The highest BCUT2D eigenvalue weighted by Gasteiger charge is 2.11. The molecule has 2 aromatic carbocycles. The fourth-order valence-electron chi connectivity index (χ4n) is 2.70. The van der Waals surface area contributed by atoms with Crippen LogP contribution in [-0.4, -0.2) is 11.7 Å². The minimum atomic E-state index is 0.180. The number of benzene rings is 2. The van der Waals surface area contributed by atoms with Gasteiger partial charge in [0.2, 0.25) is 0 Å². The molecule has 0 aliphatic rings. The smallest absolute Gasteiger partial charge is 0.0471 e. The Kier molecular flexibility index (Phi) is 5.14. The van der Waals surface area contributed by atoms with Gasteiger partial charge in [-0.25, -0.2) is 0 Å². The molecule has 0 atom stereocenters. The highest BCUT2D eigenvalue weighted by atomic mass is 16.2. The zero-order valence-corrected chi connectivity index (χ0v) is 12.3. The minimum absolute atomic E-state index is 0.180. The second kappa shape index (κ2) is 7.06. The Hall–Kier alpha value is -1.86. The molecule has 0 aliphatic carbocycles. The lowest BCUT2D eigenvalue weighted by atomic mass is 9.89. The Morgan fingerprint density at radius 3 is 2.15 bits per heavy atom. The van der Waals surface area contributed by atoms with Crippen molar-refractivity contribution < 1.29 is 5.11 Å². The van der Waals surface area contributed by atoms with Crippen molar-refractivity contribution in [3.63, 3.8) is 0 Å². The number of aryl methyl sites for hydroxylation is 1. The normalized spacial score (nSPS) is 12.2. The van der Waals surface area contributed by atoms with Gasteiger partial charge >= 0.3 is 0 Å². The molecule has 104 valence electrons. The Bertz CT molecular complexity index is 582. The largest absolute Gasteiger partial charge is 0.396 e. The van der Waals surface area contributed by atoms with E-state index in [-0.39, 0.29) is 6.61 Å². The number of allylic oxidation sites excluding steroid dienone is 1. The maximum Gasteiger partial charge on any atom is 0.0471 e. The van der Waals surface area contributed by atoms with Crippen LogP contribution in [0.1, 0.15) is 36.5 Å². The van der Waals surface area contributed by atoms with Gasteiger partial charge in [-0.15, -0.1) is 0 Å². The number of rotatable bonds is 5. The van der Waals surface area contributed by atoms with E-state index in [1.807, 2.05) is 6.07 Å². The summed E-state index contributed by atoms with van der Waals surface area (Å²) in [6, 6.07) is 18.9. The van der Waals surface area contributed by atoms with Gasteiger partial charge < -0.3 is 5.11 Å². The third-order valence-corrected chi connectivity index (χ3v) is 3.67. The monoisotopic (exact) mass is 266 g/mol. The highest BCUT2D eigenvalue weighted by Crippen LogP contribution is 2.32. The average molecular weight is 266 g/mol. The van der Waals surface area contributed by atoms with Crippen molar-refractivity contribution in [1.82, 2.24) is 0 Å². The number of hydrogen-bond acceptors (Lipinski definition) is 1. The number of aliphatic hydroxyl groups is 1. The van der Waals surface area contributed by atoms with E-state index in [1.54, 1.807) is 0 Å². The highest BCUT2D eigenvalue weighted by molar-refractivity contribution is 5.91. The molecule has 0 aliphatic heterocycles. The first-order valence-electron chi connectivity index (χ1n) is 7.22. The van der Waals surface area contributed by atoms with Gasteiger partial charge in [-0.3, -0.25) is 0 Å². The van der Waals surface area contributed by atoms with Crippen molar-refractivity contribution in [3.8, 4) is 0 Å². The Balaban J connectivity index is 2.60. The predicted octanol–water partition coefficient (Wildman–Crippen LogP) is 4.70. The molecule has 1 nitrogen and oxygen atoms in total. The zero-order valence-electron chi connectivity index (χ0n) is 12.3. The molecule has 0 bridgehead atoms. The molecule has 0 amide bonds. The first kappa shape index (κ1) is 14.5. The lowest BCUT2D eigenvalue weighted by molar-refractivity contribution is 0.305. The number of hydrogen-bond donors (Lipinski definition) is 1. The van der Waals surface area contributed by atoms with Gasteiger partial charge in [0.25, 0.3) is 0 Å². The third kappa shape index (κ3) is 3.17. The summed E-state index contributed by atoms with van der Waals surface area (Å²) in [5.41, 5.74) is 6.38. The molecule has 0 spiro atoms. The Labute approximate surface area is 121 Å². The molecule has 2 rings (SSSR count). The fraction of sp³-hybridized carbons (Fsp3) is 0.263. The van der Waals surface area contributed by atoms with Crippen LogP contribution in [0, 0.1) is 6.92 Å². The summed E-state index contributed by atoms with van der Waals surface area (Å²) < 4.78 is 0. The summed E-state index contributed by atoms with van der Waals surface area (Å²) >= 11 is 0. The molecule has 0 saturated carbocycles. The van der Waals surface area contributed by atoms with Crippen LogP contribution in [-0.2, 0) is 0 Å². The molecule has 2 aromatic rings. The van der Waals surface area contributed by atoms with Gasteiger partial charge in [-0.05, 0) is 47.6 Å².